The van der Waals surface area contributed by atoms with Gasteiger partial charge in [0.15, 0.2) is 0 Å². The van der Waals surface area contributed by atoms with Crippen molar-refractivity contribution in [3.8, 4) is 11.3 Å². The van der Waals surface area contributed by atoms with E-state index in [9.17, 15) is 8.78 Å². The Bertz CT molecular complexity index is 1090. The quantitative estimate of drug-likeness (QED) is 0.551. The van der Waals surface area contributed by atoms with E-state index in [-0.39, 0.29) is 12.1 Å². The van der Waals surface area contributed by atoms with E-state index in [4.69, 9.17) is 15.7 Å². The van der Waals surface area contributed by atoms with E-state index < -0.39 is 16.8 Å². The monoisotopic (exact) mass is 443 g/mol. The predicted molar refractivity (Wildman–Crippen MR) is 128 cm³/mol. The molecule has 1 aliphatic rings. The largest absolute Gasteiger partial charge is 0.355 e. The van der Waals surface area contributed by atoms with Crippen molar-refractivity contribution >= 4 is 21.6 Å². The third-order valence-electron chi connectivity index (χ3n) is 5.84. The highest BCUT2D eigenvalue weighted by atomic mass is 19.1. The molecule has 3 aromatic rings. The average Bonchev–Trinajstić information content (AvgIpc) is 2.79. The van der Waals surface area contributed by atoms with Crippen molar-refractivity contribution in [2.24, 2.45) is 0 Å². The number of rotatable bonds is 7. The summed E-state index contributed by atoms with van der Waals surface area (Å²) in [6.45, 7) is 6.09. The van der Waals surface area contributed by atoms with Gasteiger partial charge in [-0.1, -0.05) is 29.0 Å². The second-order valence-corrected chi connectivity index (χ2v) is 8.54. The third kappa shape index (κ3) is 5.97. The Morgan fingerprint density at radius 3 is 2.70 bits per heavy atom. The Labute approximate surface area is 195 Å². The van der Waals surface area contributed by atoms with Gasteiger partial charge in [0.2, 0.25) is 5.95 Å². The van der Waals surface area contributed by atoms with Crippen LogP contribution in [0.25, 0.3) is 11.3 Å². The minimum absolute atomic E-state index is 0.0136. The zero-order chi connectivity index (χ0) is 23.4. The van der Waals surface area contributed by atoms with Gasteiger partial charge in [-0.15, -0.1) is 0 Å². The molecule has 5 nitrogen and oxygen atoms in total. The number of hydrogen-bond donors (Lipinski definition) is 2. The van der Waals surface area contributed by atoms with Crippen LogP contribution in [-0.4, -0.2) is 62.8 Å². The van der Waals surface area contributed by atoms with Crippen molar-refractivity contribution in [2.45, 2.75) is 24.7 Å². The van der Waals surface area contributed by atoms with Crippen molar-refractivity contribution in [1.29, 1.82) is 0 Å². The van der Waals surface area contributed by atoms with E-state index in [0.717, 1.165) is 55.6 Å². The standard InChI is InChI=1S/C24H25B2F2N5/c1-16-13-29-7-8-33(16)14-17-3-2-4-18(9-17)22-5-6-30-23(32-22)31-15-24(25,26)19-10-20(27)12-21(28)11-19/h2-6,9-12,16,29H,7-8,13-15H2,1H3,(H,30,31,32)/t16-/m0/s1. The summed E-state index contributed by atoms with van der Waals surface area (Å²) in [5.74, 6) is -1.15. The molecule has 0 spiro atoms. The van der Waals surface area contributed by atoms with Crippen LogP contribution in [0.4, 0.5) is 14.7 Å². The number of nitrogens with one attached hydrogen (secondary N) is 2. The van der Waals surface area contributed by atoms with Crippen LogP contribution in [0, 0.1) is 11.6 Å². The van der Waals surface area contributed by atoms with Crippen molar-refractivity contribution in [1.82, 2.24) is 20.2 Å². The Hall–Kier alpha value is -2.77. The van der Waals surface area contributed by atoms with Gasteiger partial charge >= 0.3 is 0 Å². The molecule has 1 aliphatic heterocycles. The van der Waals surface area contributed by atoms with Crippen LogP contribution in [0.15, 0.2) is 54.7 Å². The topological polar surface area (TPSA) is 53.1 Å². The lowest BCUT2D eigenvalue weighted by atomic mass is 9.51. The van der Waals surface area contributed by atoms with Crippen LogP contribution in [0.2, 0.25) is 0 Å². The lowest BCUT2D eigenvalue weighted by molar-refractivity contribution is 0.165. The smallest absolute Gasteiger partial charge is 0.223 e. The molecule has 1 atom stereocenters. The Kier molecular flexibility index (Phi) is 7.10. The summed E-state index contributed by atoms with van der Waals surface area (Å²) < 4.78 is 27.1. The maximum atomic E-state index is 13.6. The fourth-order valence-corrected chi connectivity index (χ4v) is 3.94. The molecular formula is C24H25B2F2N5. The van der Waals surface area contributed by atoms with Gasteiger partial charge in [-0.05, 0) is 36.8 Å². The first-order valence-corrected chi connectivity index (χ1v) is 11.0. The Morgan fingerprint density at radius 1 is 1.15 bits per heavy atom. The minimum Gasteiger partial charge on any atom is -0.355 e. The van der Waals surface area contributed by atoms with Crippen LogP contribution in [0.3, 0.4) is 0 Å². The molecule has 1 saturated heterocycles. The number of nitrogens with zero attached hydrogens (tertiary/aromatic N) is 3. The summed E-state index contributed by atoms with van der Waals surface area (Å²) in [7, 11) is 12.2. The van der Waals surface area contributed by atoms with Crippen molar-refractivity contribution < 1.29 is 8.78 Å². The van der Waals surface area contributed by atoms with Gasteiger partial charge < -0.3 is 10.6 Å². The van der Waals surface area contributed by atoms with Gasteiger partial charge in [-0.25, -0.2) is 18.7 Å². The van der Waals surface area contributed by atoms with E-state index in [1.54, 1.807) is 6.20 Å². The van der Waals surface area contributed by atoms with E-state index in [1.165, 1.54) is 5.56 Å². The van der Waals surface area contributed by atoms with Gasteiger partial charge in [0.1, 0.15) is 11.6 Å². The van der Waals surface area contributed by atoms with Crippen LogP contribution in [0.5, 0.6) is 0 Å². The van der Waals surface area contributed by atoms with E-state index in [1.807, 2.05) is 18.2 Å². The zero-order valence-electron chi connectivity index (χ0n) is 18.6. The minimum atomic E-state index is -1.51. The fourth-order valence-electron chi connectivity index (χ4n) is 3.94. The molecule has 0 unspecified atom stereocenters. The summed E-state index contributed by atoms with van der Waals surface area (Å²) in [6.07, 6.45) is 1.65. The highest BCUT2D eigenvalue weighted by Crippen LogP contribution is 2.23. The maximum absolute atomic E-state index is 13.6. The highest BCUT2D eigenvalue weighted by molar-refractivity contribution is 6.40. The number of anilines is 1. The first kappa shape index (κ1) is 23.4. The van der Waals surface area contributed by atoms with Crippen molar-refractivity contribution in [3.63, 3.8) is 0 Å². The predicted octanol–water partition coefficient (Wildman–Crippen LogP) is 2.82. The SMILES string of the molecule is [B]C([B])(CNc1nccc(-c2cccc(CN3CCNC[C@@H]3C)c2)n1)c1cc(F)cc(F)c1. The summed E-state index contributed by atoms with van der Waals surface area (Å²) in [6, 6.07) is 13.6. The molecule has 1 aromatic heterocycles. The Morgan fingerprint density at radius 2 is 1.94 bits per heavy atom. The van der Waals surface area contributed by atoms with Crippen LogP contribution >= 0.6 is 0 Å². The first-order valence-electron chi connectivity index (χ1n) is 11.0. The first-order chi connectivity index (χ1) is 15.8. The second-order valence-electron chi connectivity index (χ2n) is 8.54. The molecule has 4 rings (SSSR count). The molecule has 1 fully saturated rings. The molecule has 0 saturated carbocycles. The zero-order valence-corrected chi connectivity index (χ0v) is 18.6. The normalized spacial score (nSPS) is 17.1. The van der Waals surface area contributed by atoms with Gasteiger partial charge in [0.25, 0.3) is 0 Å². The molecular weight excluding hydrogens is 418 g/mol. The lowest BCUT2D eigenvalue weighted by Crippen LogP contribution is -2.49. The number of piperazine rings is 1. The molecule has 166 valence electrons. The van der Waals surface area contributed by atoms with E-state index in [2.05, 4.69) is 44.6 Å². The molecule has 0 bridgehead atoms. The van der Waals surface area contributed by atoms with Crippen LogP contribution in [0.1, 0.15) is 18.1 Å². The average molecular weight is 443 g/mol. The maximum Gasteiger partial charge on any atom is 0.223 e. The molecule has 0 amide bonds. The highest BCUT2D eigenvalue weighted by Gasteiger charge is 2.22. The number of aromatic nitrogens is 2. The van der Waals surface area contributed by atoms with Gasteiger partial charge in [-0.2, -0.15) is 0 Å². The molecule has 0 aliphatic carbocycles. The molecule has 2 aromatic carbocycles. The lowest BCUT2D eigenvalue weighted by Gasteiger charge is -2.33. The summed E-state index contributed by atoms with van der Waals surface area (Å²) in [5.41, 5.74) is 3.07. The molecule has 4 radical (unpaired) electrons. The number of halogens is 2. The third-order valence-corrected chi connectivity index (χ3v) is 5.84. The summed E-state index contributed by atoms with van der Waals surface area (Å²) in [4.78, 5) is 11.3. The van der Waals surface area contributed by atoms with E-state index in [0.29, 0.717) is 12.0 Å². The molecule has 2 N–H and O–H groups in total. The van der Waals surface area contributed by atoms with Gasteiger partial charge in [0.05, 0.1) is 21.4 Å². The van der Waals surface area contributed by atoms with Gasteiger partial charge in [0, 0.05) is 56.6 Å². The number of hydrogen-bond acceptors (Lipinski definition) is 5. The number of benzene rings is 2. The second kappa shape index (κ2) is 10.0. The Balaban J connectivity index is 1.46. The summed E-state index contributed by atoms with van der Waals surface area (Å²) in [5, 5.41) is 4.89. The van der Waals surface area contributed by atoms with E-state index >= 15 is 0 Å². The van der Waals surface area contributed by atoms with Crippen molar-refractivity contribution in [3.05, 3.63) is 77.5 Å². The van der Waals surface area contributed by atoms with Crippen LogP contribution in [-0.2, 0) is 11.8 Å². The fraction of sp³-hybridized carbons (Fsp3) is 0.333. The summed E-state index contributed by atoms with van der Waals surface area (Å²) >= 11 is 0. The van der Waals surface area contributed by atoms with Crippen molar-refractivity contribution in [2.75, 3.05) is 31.5 Å². The molecule has 9 heteroatoms. The molecule has 33 heavy (non-hydrogen) atoms. The molecule has 2 heterocycles. The van der Waals surface area contributed by atoms with Gasteiger partial charge in [-0.3, -0.25) is 4.90 Å². The van der Waals surface area contributed by atoms with Crippen LogP contribution < -0.4 is 10.6 Å².